The highest BCUT2D eigenvalue weighted by molar-refractivity contribution is 6.45. The number of benzene rings is 2. The van der Waals surface area contributed by atoms with Crippen molar-refractivity contribution in [2.24, 2.45) is 5.92 Å². The van der Waals surface area contributed by atoms with Crippen molar-refractivity contribution in [3.63, 3.8) is 0 Å². The van der Waals surface area contributed by atoms with Crippen LogP contribution in [0.4, 0.5) is 5.69 Å². The van der Waals surface area contributed by atoms with Crippen LogP contribution in [0.1, 0.15) is 30.9 Å². The maximum Gasteiger partial charge on any atom is 0.282 e. The minimum Gasteiger partial charge on any atom is -0.366 e. The quantitative estimate of drug-likeness (QED) is 0.774. The van der Waals surface area contributed by atoms with E-state index in [4.69, 9.17) is 5.26 Å². The zero-order chi connectivity index (χ0) is 19.7. The molecule has 0 aliphatic carbocycles. The van der Waals surface area contributed by atoms with Crippen molar-refractivity contribution < 1.29 is 9.59 Å². The Hall–Kier alpha value is -3.39. The molecule has 0 saturated carbocycles. The lowest BCUT2D eigenvalue weighted by Gasteiger charge is -2.33. The molecule has 2 aliphatic heterocycles. The first-order valence-electron chi connectivity index (χ1n) is 9.53. The first-order chi connectivity index (χ1) is 13.6. The van der Waals surface area contributed by atoms with Gasteiger partial charge >= 0.3 is 0 Å². The molecular formula is C23H21N3O2. The largest absolute Gasteiger partial charge is 0.366 e. The molecule has 0 radical (unpaired) electrons. The SMILES string of the molecule is CC1CCCN(C2=C(c3ccccc3)C(=O)N(c3ccc(C#N)cc3)C2=O)C1. The molecule has 1 atom stereocenters. The number of rotatable bonds is 3. The van der Waals surface area contributed by atoms with E-state index in [9.17, 15) is 9.59 Å². The summed E-state index contributed by atoms with van der Waals surface area (Å²) >= 11 is 0. The third kappa shape index (κ3) is 3.07. The van der Waals surface area contributed by atoms with Crippen LogP contribution >= 0.6 is 0 Å². The van der Waals surface area contributed by atoms with Crippen LogP contribution in [0.3, 0.4) is 0 Å². The van der Waals surface area contributed by atoms with Crippen LogP contribution < -0.4 is 4.90 Å². The highest BCUT2D eigenvalue weighted by atomic mass is 16.2. The van der Waals surface area contributed by atoms with Crippen LogP contribution in [0.5, 0.6) is 0 Å². The van der Waals surface area contributed by atoms with E-state index in [1.807, 2.05) is 30.3 Å². The van der Waals surface area contributed by atoms with Gasteiger partial charge in [-0.1, -0.05) is 37.3 Å². The zero-order valence-electron chi connectivity index (χ0n) is 15.8. The number of carbonyl (C=O) groups excluding carboxylic acids is 2. The van der Waals surface area contributed by atoms with Crippen molar-refractivity contribution in [1.82, 2.24) is 4.90 Å². The Bertz CT molecular complexity index is 987. The Morgan fingerprint density at radius 3 is 2.36 bits per heavy atom. The lowest BCUT2D eigenvalue weighted by Crippen LogP contribution is -2.39. The second-order valence-electron chi connectivity index (χ2n) is 7.39. The van der Waals surface area contributed by atoms with Crippen molar-refractivity contribution in [1.29, 1.82) is 5.26 Å². The summed E-state index contributed by atoms with van der Waals surface area (Å²) in [5.41, 5.74) is 2.69. The van der Waals surface area contributed by atoms with Crippen LogP contribution in [0.2, 0.25) is 0 Å². The Balaban J connectivity index is 1.80. The fourth-order valence-corrected chi connectivity index (χ4v) is 3.99. The number of likely N-dealkylation sites (tertiary alicyclic amines) is 1. The van der Waals surface area contributed by atoms with E-state index in [1.165, 1.54) is 4.90 Å². The number of piperidine rings is 1. The maximum absolute atomic E-state index is 13.4. The molecule has 2 aliphatic rings. The Kier molecular flexibility index (Phi) is 4.70. The predicted molar refractivity (Wildman–Crippen MR) is 107 cm³/mol. The molecule has 2 aromatic rings. The average molecular weight is 371 g/mol. The van der Waals surface area contributed by atoms with E-state index in [0.29, 0.717) is 28.4 Å². The van der Waals surface area contributed by atoms with Crippen LogP contribution in [0, 0.1) is 17.2 Å². The summed E-state index contributed by atoms with van der Waals surface area (Å²) in [7, 11) is 0. The number of nitriles is 1. The minimum atomic E-state index is -0.311. The molecule has 2 amide bonds. The summed E-state index contributed by atoms with van der Waals surface area (Å²) in [6, 6.07) is 18.0. The Labute approximate surface area is 164 Å². The molecule has 1 unspecified atom stereocenters. The summed E-state index contributed by atoms with van der Waals surface area (Å²) < 4.78 is 0. The lowest BCUT2D eigenvalue weighted by atomic mass is 9.98. The van der Waals surface area contributed by atoms with Crippen LogP contribution in [0.15, 0.2) is 60.3 Å². The topological polar surface area (TPSA) is 64.4 Å². The molecule has 0 bridgehead atoms. The van der Waals surface area contributed by atoms with E-state index >= 15 is 0 Å². The predicted octanol–water partition coefficient (Wildman–Crippen LogP) is 3.57. The highest BCUT2D eigenvalue weighted by Gasteiger charge is 2.43. The number of hydrogen-bond donors (Lipinski definition) is 0. The number of imide groups is 1. The molecule has 0 aromatic heterocycles. The third-order valence-corrected chi connectivity index (χ3v) is 5.35. The Morgan fingerprint density at radius 2 is 1.71 bits per heavy atom. The maximum atomic E-state index is 13.4. The first-order valence-corrected chi connectivity index (χ1v) is 9.53. The van der Waals surface area contributed by atoms with Gasteiger partial charge in [0.1, 0.15) is 5.70 Å². The molecule has 0 spiro atoms. The van der Waals surface area contributed by atoms with Crippen molar-refractivity contribution in [3.8, 4) is 6.07 Å². The number of hydrogen-bond acceptors (Lipinski definition) is 4. The fraction of sp³-hybridized carbons (Fsp3) is 0.261. The van der Waals surface area contributed by atoms with Crippen molar-refractivity contribution in [3.05, 3.63) is 71.4 Å². The average Bonchev–Trinajstić information content (AvgIpc) is 2.99. The van der Waals surface area contributed by atoms with Gasteiger partial charge in [0, 0.05) is 13.1 Å². The summed E-state index contributed by atoms with van der Waals surface area (Å²) in [4.78, 5) is 30.1. The van der Waals surface area contributed by atoms with E-state index in [-0.39, 0.29) is 11.8 Å². The Morgan fingerprint density at radius 1 is 1.00 bits per heavy atom. The summed E-state index contributed by atoms with van der Waals surface area (Å²) in [5, 5.41) is 9.01. The smallest absolute Gasteiger partial charge is 0.282 e. The van der Waals surface area contributed by atoms with Crippen molar-refractivity contribution in [2.45, 2.75) is 19.8 Å². The van der Waals surface area contributed by atoms with Crippen LogP contribution in [-0.2, 0) is 9.59 Å². The molecule has 5 nitrogen and oxygen atoms in total. The summed E-state index contributed by atoms with van der Waals surface area (Å²) in [6.45, 7) is 3.72. The van der Waals surface area contributed by atoms with Crippen molar-refractivity contribution in [2.75, 3.05) is 18.0 Å². The standard InChI is InChI=1S/C23H21N3O2/c1-16-6-5-13-25(15-16)21-20(18-7-3-2-4-8-18)22(27)26(23(21)28)19-11-9-17(14-24)10-12-19/h2-4,7-12,16H,5-6,13,15H2,1H3. The lowest BCUT2D eigenvalue weighted by molar-refractivity contribution is -0.120. The molecule has 2 aromatic carbocycles. The van der Waals surface area contributed by atoms with E-state index in [2.05, 4.69) is 17.9 Å². The fourth-order valence-electron chi connectivity index (χ4n) is 3.99. The molecule has 1 fully saturated rings. The molecule has 2 heterocycles. The number of amides is 2. The minimum absolute atomic E-state index is 0.289. The molecular weight excluding hydrogens is 350 g/mol. The summed E-state index contributed by atoms with van der Waals surface area (Å²) in [5.74, 6) is -0.123. The summed E-state index contributed by atoms with van der Waals surface area (Å²) in [6.07, 6.45) is 2.14. The highest BCUT2D eigenvalue weighted by Crippen LogP contribution is 2.36. The molecule has 0 N–H and O–H groups in total. The van der Waals surface area contributed by atoms with Gasteiger partial charge in [0.05, 0.1) is 22.9 Å². The van der Waals surface area contributed by atoms with Gasteiger partial charge in [-0.25, -0.2) is 4.90 Å². The van der Waals surface area contributed by atoms with Gasteiger partial charge in [-0.3, -0.25) is 9.59 Å². The van der Waals surface area contributed by atoms with E-state index < -0.39 is 0 Å². The molecule has 1 saturated heterocycles. The van der Waals surface area contributed by atoms with Crippen molar-refractivity contribution >= 4 is 23.1 Å². The van der Waals surface area contributed by atoms with Crippen LogP contribution in [-0.4, -0.2) is 29.8 Å². The van der Waals surface area contributed by atoms with Gasteiger partial charge in [0.2, 0.25) is 0 Å². The number of carbonyl (C=O) groups is 2. The zero-order valence-corrected chi connectivity index (χ0v) is 15.8. The first kappa shape index (κ1) is 18.0. The number of anilines is 1. The monoisotopic (exact) mass is 371 g/mol. The molecule has 28 heavy (non-hydrogen) atoms. The van der Waals surface area contributed by atoms with Gasteiger partial charge in [-0.2, -0.15) is 5.26 Å². The van der Waals surface area contributed by atoms with E-state index in [0.717, 1.165) is 31.5 Å². The van der Waals surface area contributed by atoms with E-state index in [1.54, 1.807) is 24.3 Å². The molecule has 5 heteroatoms. The van der Waals surface area contributed by atoms with Gasteiger partial charge < -0.3 is 4.90 Å². The third-order valence-electron chi connectivity index (χ3n) is 5.35. The second-order valence-corrected chi connectivity index (χ2v) is 7.39. The van der Waals surface area contributed by atoms with Gasteiger partial charge in [-0.15, -0.1) is 0 Å². The normalized spacial score (nSPS) is 19.9. The van der Waals surface area contributed by atoms with Gasteiger partial charge in [0.15, 0.2) is 0 Å². The van der Waals surface area contributed by atoms with Crippen LogP contribution in [0.25, 0.3) is 5.57 Å². The van der Waals surface area contributed by atoms with Gasteiger partial charge in [0.25, 0.3) is 11.8 Å². The molecule has 140 valence electrons. The van der Waals surface area contributed by atoms with Gasteiger partial charge in [-0.05, 0) is 48.6 Å². The molecule has 4 rings (SSSR count). The number of nitrogens with zero attached hydrogens (tertiary/aromatic N) is 3. The second kappa shape index (κ2) is 7.32.